The predicted octanol–water partition coefficient (Wildman–Crippen LogP) is 2.36. The van der Waals surface area contributed by atoms with Crippen molar-refractivity contribution in [1.29, 1.82) is 0 Å². The number of unbranched alkanes of at least 4 members (excludes halogenated alkanes) is 3. The highest BCUT2D eigenvalue weighted by atomic mass is 16.6. The van der Waals surface area contributed by atoms with Crippen LogP contribution in [0.5, 0.6) is 18.0 Å². The number of rotatable bonds is 8. The van der Waals surface area contributed by atoms with Crippen LogP contribution in [0.2, 0.25) is 0 Å². The van der Waals surface area contributed by atoms with Crippen molar-refractivity contribution in [2.45, 2.75) is 58.3 Å². The van der Waals surface area contributed by atoms with Gasteiger partial charge in [0.05, 0.1) is 18.9 Å². The van der Waals surface area contributed by atoms with E-state index in [9.17, 15) is 14.4 Å². The summed E-state index contributed by atoms with van der Waals surface area (Å²) in [6.07, 6.45) is 13.9. The lowest BCUT2D eigenvalue weighted by molar-refractivity contribution is -0.129. The Labute approximate surface area is 209 Å². The molecule has 1 aliphatic rings. The zero-order valence-corrected chi connectivity index (χ0v) is 20.3. The monoisotopic (exact) mass is 507 g/mol. The van der Waals surface area contributed by atoms with Gasteiger partial charge in [0.1, 0.15) is 0 Å². The van der Waals surface area contributed by atoms with Gasteiger partial charge >= 0.3 is 35.9 Å². The third-order valence-electron chi connectivity index (χ3n) is 4.13. The van der Waals surface area contributed by atoms with Gasteiger partial charge in [0.25, 0.3) is 0 Å². The number of nitrogens with zero attached hydrogens (tertiary/aromatic N) is 3. The number of esters is 3. The van der Waals surface area contributed by atoms with Crippen LogP contribution in [0.1, 0.15) is 58.3 Å². The average Bonchev–Trinajstić information content (AvgIpc) is 2.83. The summed E-state index contributed by atoms with van der Waals surface area (Å²) in [5, 5.41) is 16.8. The van der Waals surface area contributed by atoms with E-state index in [2.05, 4.69) is 21.9 Å². The minimum atomic E-state index is -0.850. The van der Waals surface area contributed by atoms with Crippen molar-refractivity contribution in [1.82, 2.24) is 15.0 Å². The maximum absolute atomic E-state index is 11.9. The standard InChI is InChI=1S/C20H23N3O8.C4H10O/c24-12-7-3-1-5-9-15(25)29-18-21-19-23-20(22-18)31-17(27)11-14-28-13-8-4-2-6-10-16(26)30-19;1-2-3-4-5/h5-6,9-11,14,24H,1-4,7-8,12-13H2;5H,2-4H2,1H3. The van der Waals surface area contributed by atoms with Gasteiger partial charge in [-0.2, -0.15) is 0 Å². The molecule has 12 nitrogen and oxygen atoms in total. The van der Waals surface area contributed by atoms with E-state index in [1.165, 1.54) is 18.4 Å². The molecule has 1 aliphatic heterocycles. The van der Waals surface area contributed by atoms with Crippen molar-refractivity contribution in [2.24, 2.45) is 0 Å². The molecule has 0 amide bonds. The number of allylic oxidation sites excluding steroid dienone is 2. The molecule has 1 aromatic rings. The normalized spacial score (nSPS) is 14.3. The van der Waals surface area contributed by atoms with Crippen LogP contribution in [0, 0.1) is 0 Å². The Morgan fingerprint density at radius 1 is 1.00 bits per heavy atom. The Hall–Kier alpha value is -3.64. The van der Waals surface area contributed by atoms with Gasteiger partial charge in [0.2, 0.25) is 0 Å². The van der Waals surface area contributed by atoms with Crippen molar-refractivity contribution in [3.63, 3.8) is 0 Å². The molecule has 12 heteroatoms. The van der Waals surface area contributed by atoms with Gasteiger partial charge in [-0.15, -0.1) is 15.0 Å². The summed E-state index contributed by atoms with van der Waals surface area (Å²) < 4.78 is 20.1. The number of fused-ring (bicyclic) bond motifs is 2. The van der Waals surface area contributed by atoms with Gasteiger partial charge in [0, 0.05) is 25.4 Å². The van der Waals surface area contributed by atoms with Crippen molar-refractivity contribution >= 4 is 17.9 Å². The Morgan fingerprint density at radius 2 is 1.69 bits per heavy atom. The van der Waals surface area contributed by atoms with Crippen LogP contribution in [0.3, 0.4) is 0 Å². The van der Waals surface area contributed by atoms with Crippen LogP contribution >= 0.6 is 0 Å². The molecule has 36 heavy (non-hydrogen) atoms. The average molecular weight is 508 g/mol. The Balaban J connectivity index is 0.00000118. The Morgan fingerprint density at radius 3 is 2.33 bits per heavy atom. The summed E-state index contributed by atoms with van der Waals surface area (Å²) >= 11 is 0. The first-order valence-electron chi connectivity index (χ1n) is 11.7. The van der Waals surface area contributed by atoms with E-state index in [1.807, 2.05) is 0 Å². The van der Waals surface area contributed by atoms with E-state index in [1.54, 1.807) is 12.2 Å². The summed E-state index contributed by atoms with van der Waals surface area (Å²) in [5.74, 6) is -2.40. The van der Waals surface area contributed by atoms with Crippen molar-refractivity contribution in [3.8, 4) is 18.0 Å². The van der Waals surface area contributed by atoms with Gasteiger partial charge in [-0.3, -0.25) is 0 Å². The SMILES string of the molecule is CCCCO.O=C(C=CCCCCO)Oc1nc2nc(n1)OC(=O)C=COCCCCC=CC(=O)O2. The molecule has 0 aromatic carbocycles. The largest absolute Gasteiger partial charge is 0.501 e. The lowest BCUT2D eigenvalue weighted by Gasteiger charge is -2.06. The predicted molar refractivity (Wildman–Crippen MR) is 127 cm³/mol. The van der Waals surface area contributed by atoms with E-state index in [4.69, 9.17) is 29.2 Å². The highest BCUT2D eigenvalue weighted by Gasteiger charge is 2.16. The van der Waals surface area contributed by atoms with E-state index < -0.39 is 35.9 Å². The second-order valence-corrected chi connectivity index (χ2v) is 7.22. The molecule has 0 spiro atoms. The van der Waals surface area contributed by atoms with E-state index >= 15 is 0 Å². The van der Waals surface area contributed by atoms with Crippen LogP contribution in [0.15, 0.2) is 36.6 Å². The molecule has 1 aromatic heterocycles. The molecule has 0 unspecified atom stereocenters. The molecule has 2 rings (SSSR count). The van der Waals surface area contributed by atoms with E-state index in [0.29, 0.717) is 38.9 Å². The van der Waals surface area contributed by atoms with Crippen molar-refractivity contribution in [2.75, 3.05) is 19.8 Å². The van der Waals surface area contributed by atoms with Gasteiger partial charge in [-0.05, 0) is 44.9 Å². The van der Waals surface area contributed by atoms with E-state index in [0.717, 1.165) is 31.8 Å². The summed E-state index contributed by atoms with van der Waals surface area (Å²) in [4.78, 5) is 46.9. The third-order valence-corrected chi connectivity index (χ3v) is 4.13. The minimum Gasteiger partial charge on any atom is -0.501 e. The Kier molecular flexibility index (Phi) is 16.6. The van der Waals surface area contributed by atoms with Crippen LogP contribution in [-0.2, 0) is 19.1 Å². The molecule has 0 aliphatic carbocycles. The van der Waals surface area contributed by atoms with Crippen LogP contribution in [0.25, 0.3) is 0 Å². The van der Waals surface area contributed by atoms with Crippen LogP contribution in [-0.4, -0.2) is 62.9 Å². The number of ether oxygens (including phenoxy) is 4. The molecule has 0 saturated carbocycles. The molecular formula is C24H33N3O9. The molecule has 2 N–H and O–H groups in total. The van der Waals surface area contributed by atoms with Crippen LogP contribution in [0.4, 0.5) is 0 Å². The zero-order valence-electron chi connectivity index (χ0n) is 20.3. The molecule has 2 bridgehead atoms. The molecule has 2 heterocycles. The number of aromatic nitrogens is 3. The van der Waals surface area contributed by atoms with Crippen molar-refractivity contribution in [3.05, 3.63) is 36.6 Å². The lowest BCUT2D eigenvalue weighted by atomic mass is 10.2. The maximum Gasteiger partial charge on any atom is 0.341 e. The van der Waals surface area contributed by atoms with E-state index in [-0.39, 0.29) is 6.61 Å². The maximum atomic E-state index is 11.9. The van der Waals surface area contributed by atoms with Crippen molar-refractivity contribution < 1.29 is 43.5 Å². The number of hydrogen-bond donors (Lipinski definition) is 2. The molecule has 198 valence electrons. The molecule has 0 atom stereocenters. The third kappa shape index (κ3) is 15.3. The van der Waals surface area contributed by atoms with Gasteiger partial charge in [-0.25, -0.2) is 14.4 Å². The summed E-state index contributed by atoms with van der Waals surface area (Å²) in [6, 6.07) is -1.55. The fourth-order valence-electron chi connectivity index (χ4n) is 2.34. The number of carbonyl (C=O) groups excluding carboxylic acids is 3. The molecule has 0 saturated heterocycles. The summed E-state index contributed by atoms with van der Waals surface area (Å²) in [5.41, 5.74) is 0. The topological polar surface area (TPSA) is 167 Å². The fourth-order valence-corrected chi connectivity index (χ4v) is 2.34. The number of aliphatic hydroxyl groups excluding tert-OH is 2. The molecular weight excluding hydrogens is 474 g/mol. The second-order valence-electron chi connectivity index (χ2n) is 7.22. The first-order valence-corrected chi connectivity index (χ1v) is 11.7. The summed E-state index contributed by atoms with van der Waals surface area (Å²) in [7, 11) is 0. The number of hydrogen-bond acceptors (Lipinski definition) is 12. The van der Waals surface area contributed by atoms with Gasteiger partial charge in [0.15, 0.2) is 0 Å². The molecule has 0 radical (unpaired) electrons. The summed E-state index contributed by atoms with van der Waals surface area (Å²) in [6.45, 7) is 2.86. The lowest BCUT2D eigenvalue weighted by Crippen LogP contribution is -2.14. The first kappa shape index (κ1) is 30.4. The fraction of sp³-hybridized carbons (Fsp3) is 0.500. The first-order chi connectivity index (χ1) is 17.5. The number of aliphatic hydroxyl groups is 2. The van der Waals surface area contributed by atoms with Gasteiger partial charge < -0.3 is 29.2 Å². The Bertz CT molecular complexity index is 851. The highest BCUT2D eigenvalue weighted by molar-refractivity contribution is 5.84. The quantitative estimate of drug-likeness (QED) is 0.300. The minimum absolute atomic E-state index is 0.0721. The number of carbonyl (C=O) groups is 3. The van der Waals surface area contributed by atoms with Crippen LogP contribution < -0.4 is 14.2 Å². The van der Waals surface area contributed by atoms with Gasteiger partial charge in [-0.1, -0.05) is 25.5 Å². The smallest absolute Gasteiger partial charge is 0.341 e. The molecule has 0 fully saturated rings. The second kappa shape index (κ2) is 19.6. The zero-order chi connectivity index (χ0) is 26.4. The highest BCUT2D eigenvalue weighted by Crippen LogP contribution is 2.16.